The van der Waals surface area contributed by atoms with Gasteiger partial charge in [-0.25, -0.2) is 5.01 Å². The topological polar surface area (TPSA) is 54.4 Å². The Morgan fingerprint density at radius 2 is 1.80 bits per heavy atom. The monoisotopic (exact) mass is 407 g/mol. The summed E-state index contributed by atoms with van der Waals surface area (Å²) in [5, 5.41) is 6.46. The van der Waals surface area contributed by atoms with Crippen LogP contribution in [0.2, 0.25) is 0 Å². The fourth-order valence-electron chi connectivity index (χ4n) is 4.20. The fraction of sp³-hybridized carbons (Fsp3) is 0.417. The molecule has 2 heterocycles. The summed E-state index contributed by atoms with van der Waals surface area (Å²) in [5.74, 6) is 1.46. The number of carbonyl (C=O) groups excluding carboxylic acids is 1. The lowest BCUT2D eigenvalue weighted by atomic mass is 9.97. The highest BCUT2D eigenvalue weighted by atomic mass is 16.5. The zero-order chi connectivity index (χ0) is 21.1. The van der Waals surface area contributed by atoms with Crippen LogP contribution in [0.5, 0.6) is 11.5 Å². The molecule has 30 heavy (non-hydrogen) atoms. The molecule has 0 aromatic heterocycles. The Morgan fingerprint density at radius 3 is 2.47 bits per heavy atom. The maximum Gasteiger partial charge on any atom is 0.257 e. The zero-order valence-electron chi connectivity index (χ0n) is 17.9. The number of methoxy groups -OCH3 is 2. The SMILES string of the molecule is COc1ccc(C2CC(c3ccc(C)cc3)=NN2C(=O)CN2CCCC2)c(OC)c1. The van der Waals surface area contributed by atoms with E-state index in [-0.39, 0.29) is 11.9 Å². The predicted octanol–water partition coefficient (Wildman–Crippen LogP) is 3.79. The Labute approximate surface area is 178 Å². The van der Waals surface area contributed by atoms with Gasteiger partial charge in [0.1, 0.15) is 11.5 Å². The van der Waals surface area contributed by atoms with Crippen LogP contribution in [0.4, 0.5) is 0 Å². The molecule has 4 rings (SSSR count). The minimum Gasteiger partial charge on any atom is -0.497 e. The number of benzene rings is 2. The maximum absolute atomic E-state index is 13.3. The van der Waals surface area contributed by atoms with Gasteiger partial charge in [-0.3, -0.25) is 9.69 Å². The first-order chi connectivity index (χ1) is 14.6. The number of hydrogen-bond donors (Lipinski definition) is 0. The molecule has 0 saturated carbocycles. The Bertz CT molecular complexity index is 933. The molecule has 2 aliphatic rings. The minimum atomic E-state index is -0.197. The molecule has 1 saturated heterocycles. The number of carbonyl (C=O) groups is 1. The summed E-state index contributed by atoms with van der Waals surface area (Å²) in [5.41, 5.74) is 4.12. The van der Waals surface area contributed by atoms with Crippen molar-refractivity contribution in [2.45, 2.75) is 32.2 Å². The molecule has 2 aromatic carbocycles. The first-order valence-electron chi connectivity index (χ1n) is 10.5. The predicted molar refractivity (Wildman–Crippen MR) is 117 cm³/mol. The highest BCUT2D eigenvalue weighted by Crippen LogP contribution is 2.39. The molecule has 1 atom stereocenters. The lowest BCUT2D eigenvalue weighted by molar-refractivity contribution is -0.134. The third kappa shape index (κ3) is 4.19. The first-order valence-corrected chi connectivity index (χ1v) is 10.5. The van der Waals surface area contributed by atoms with E-state index >= 15 is 0 Å². The van der Waals surface area contributed by atoms with Gasteiger partial charge in [-0.2, -0.15) is 5.10 Å². The van der Waals surface area contributed by atoms with E-state index in [1.165, 1.54) is 5.56 Å². The minimum absolute atomic E-state index is 0.0295. The number of likely N-dealkylation sites (tertiary alicyclic amines) is 1. The number of rotatable bonds is 6. The molecule has 2 aromatic rings. The van der Waals surface area contributed by atoms with Crippen molar-refractivity contribution in [3.63, 3.8) is 0 Å². The van der Waals surface area contributed by atoms with Crippen LogP contribution in [0.25, 0.3) is 0 Å². The van der Waals surface area contributed by atoms with Gasteiger partial charge in [0.2, 0.25) is 0 Å². The fourth-order valence-corrected chi connectivity index (χ4v) is 4.20. The molecule has 0 bridgehead atoms. The van der Waals surface area contributed by atoms with Gasteiger partial charge >= 0.3 is 0 Å². The van der Waals surface area contributed by atoms with Crippen LogP contribution in [-0.4, -0.2) is 55.4 Å². The lowest BCUT2D eigenvalue weighted by Gasteiger charge is -2.25. The average molecular weight is 408 g/mol. The Kier molecular flexibility index (Phi) is 6.04. The molecular weight excluding hydrogens is 378 g/mol. The van der Waals surface area contributed by atoms with E-state index in [1.807, 2.05) is 18.2 Å². The van der Waals surface area contributed by atoms with E-state index in [0.717, 1.165) is 48.5 Å². The molecule has 1 unspecified atom stereocenters. The van der Waals surface area contributed by atoms with Crippen molar-refractivity contribution in [1.29, 1.82) is 0 Å². The maximum atomic E-state index is 13.3. The van der Waals surface area contributed by atoms with Crippen molar-refractivity contribution in [3.05, 3.63) is 59.2 Å². The summed E-state index contributed by atoms with van der Waals surface area (Å²) in [6.07, 6.45) is 2.96. The molecule has 1 fully saturated rings. The molecule has 1 amide bonds. The van der Waals surface area contributed by atoms with Gasteiger partial charge in [0.15, 0.2) is 0 Å². The highest BCUT2D eigenvalue weighted by molar-refractivity contribution is 6.03. The Balaban J connectivity index is 1.67. The van der Waals surface area contributed by atoms with Crippen LogP contribution in [0, 0.1) is 6.92 Å². The second-order valence-corrected chi connectivity index (χ2v) is 7.96. The summed E-state index contributed by atoms with van der Waals surface area (Å²) in [6.45, 7) is 4.42. The second-order valence-electron chi connectivity index (χ2n) is 7.96. The van der Waals surface area contributed by atoms with Crippen molar-refractivity contribution < 1.29 is 14.3 Å². The molecule has 6 heteroatoms. The highest BCUT2D eigenvalue weighted by Gasteiger charge is 2.35. The number of aryl methyl sites for hydroxylation is 1. The van der Waals surface area contributed by atoms with E-state index in [4.69, 9.17) is 14.6 Å². The number of ether oxygens (including phenoxy) is 2. The van der Waals surface area contributed by atoms with Gasteiger partial charge in [-0.1, -0.05) is 29.8 Å². The quantitative estimate of drug-likeness (QED) is 0.731. The van der Waals surface area contributed by atoms with Gasteiger partial charge < -0.3 is 9.47 Å². The van der Waals surface area contributed by atoms with Gasteiger partial charge in [0, 0.05) is 18.1 Å². The van der Waals surface area contributed by atoms with Crippen LogP contribution >= 0.6 is 0 Å². The number of hydrogen-bond acceptors (Lipinski definition) is 5. The van der Waals surface area contributed by atoms with Crippen LogP contribution in [0.1, 0.15) is 42.0 Å². The largest absolute Gasteiger partial charge is 0.497 e. The summed E-state index contributed by atoms with van der Waals surface area (Å²) in [7, 11) is 3.28. The summed E-state index contributed by atoms with van der Waals surface area (Å²) in [4.78, 5) is 15.5. The van der Waals surface area contributed by atoms with Crippen LogP contribution in [-0.2, 0) is 4.79 Å². The first kappa shape index (κ1) is 20.4. The van der Waals surface area contributed by atoms with Gasteiger partial charge in [-0.05, 0) is 50.6 Å². The lowest BCUT2D eigenvalue weighted by Crippen LogP contribution is -2.37. The molecule has 0 aliphatic carbocycles. The van der Waals surface area contributed by atoms with Crippen molar-refractivity contribution in [2.24, 2.45) is 5.10 Å². The van der Waals surface area contributed by atoms with Crippen LogP contribution < -0.4 is 9.47 Å². The van der Waals surface area contributed by atoms with E-state index in [9.17, 15) is 4.79 Å². The normalized spacial score (nSPS) is 19.1. The van der Waals surface area contributed by atoms with Gasteiger partial charge in [0.05, 0.1) is 32.5 Å². The average Bonchev–Trinajstić information content (AvgIpc) is 3.44. The molecule has 2 aliphatic heterocycles. The summed E-state index contributed by atoms with van der Waals surface area (Å²) in [6, 6.07) is 13.9. The molecule has 158 valence electrons. The van der Waals surface area contributed by atoms with Crippen LogP contribution in [0.3, 0.4) is 0 Å². The number of hydrazone groups is 1. The van der Waals surface area contributed by atoms with Crippen LogP contribution in [0.15, 0.2) is 47.6 Å². The van der Waals surface area contributed by atoms with Crippen molar-refractivity contribution in [1.82, 2.24) is 9.91 Å². The summed E-state index contributed by atoms with van der Waals surface area (Å²) < 4.78 is 11.0. The molecule has 0 N–H and O–H groups in total. The number of nitrogens with zero attached hydrogens (tertiary/aromatic N) is 3. The smallest absolute Gasteiger partial charge is 0.257 e. The second kappa shape index (κ2) is 8.88. The van der Waals surface area contributed by atoms with E-state index < -0.39 is 0 Å². The van der Waals surface area contributed by atoms with E-state index in [0.29, 0.717) is 18.7 Å². The van der Waals surface area contributed by atoms with Crippen molar-refractivity contribution in [2.75, 3.05) is 33.9 Å². The number of amides is 1. The molecule has 0 spiro atoms. The van der Waals surface area contributed by atoms with Gasteiger partial charge in [0.25, 0.3) is 5.91 Å². The third-order valence-corrected chi connectivity index (χ3v) is 5.91. The Hall–Kier alpha value is -2.86. The summed E-state index contributed by atoms with van der Waals surface area (Å²) >= 11 is 0. The third-order valence-electron chi connectivity index (χ3n) is 5.91. The van der Waals surface area contributed by atoms with Crippen molar-refractivity contribution >= 4 is 11.6 Å². The Morgan fingerprint density at radius 1 is 1.07 bits per heavy atom. The van der Waals surface area contributed by atoms with Gasteiger partial charge in [-0.15, -0.1) is 0 Å². The van der Waals surface area contributed by atoms with E-state index in [2.05, 4.69) is 36.1 Å². The zero-order valence-corrected chi connectivity index (χ0v) is 17.9. The molecule has 0 radical (unpaired) electrons. The standard InChI is InChI=1S/C24H29N3O3/c1-17-6-8-18(9-7-17)21-15-22(20-11-10-19(29-2)14-23(20)30-3)27(25-21)24(28)16-26-12-4-5-13-26/h6-11,14,22H,4-5,12-13,15-16H2,1-3H3. The molecular formula is C24H29N3O3. The van der Waals surface area contributed by atoms with Crippen molar-refractivity contribution in [3.8, 4) is 11.5 Å². The van der Waals surface area contributed by atoms with E-state index in [1.54, 1.807) is 19.2 Å². The molecule has 6 nitrogen and oxygen atoms in total.